The first kappa shape index (κ1) is 13.3. The van der Waals surface area contributed by atoms with Gasteiger partial charge in [-0.15, -0.1) is 0 Å². The highest BCUT2D eigenvalue weighted by Gasteiger charge is 2.09. The van der Waals surface area contributed by atoms with Crippen LogP contribution in [0.3, 0.4) is 0 Å². The molecule has 0 aliphatic rings. The number of carbonyl (C=O) groups is 1. The molecular formula is C18H16N2O. The molecule has 0 spiro atoms. The van der Waals surface area contributed by atoms with Crippen molar-refractivity contribution >= 4 is 22.5 Å². The summed E-state index contributed by atoms with van der Waals surface area (Å²) in [5.74, 6) is -0.137. The van der Waals surface area contributed by atoms with Gasteiger partial charge in [0.1, 0.15) is 0 Å². The maximum absolute atomic E-state index is 12.4. The lowest BCUT2D eigenvalue weighted by molar-refractivity contribution is 0.102. The third-order valence-corrected chi connectivity index (χ3v) is 3.71. The van der Waals surface area contributed by atoms with Crippen LogP contribution in [-0.2, 0) is 0 Å². The van der Waals surface area contributed by atoms with Crippen molar-refractivity contribution in [2.24, 2.45) is 0 Å². The van der Waals surface area contributed by atoms with Gasteiger partial charge in [-0.05, 0) is 43.2 Å². The van der Waals surface area contributed by atoms with E-state index in [9.17, 15) is 4.79 Å². The summed E-state index contributed by atoms with van der Waals surface area (Å²) in [7, 11) is 0. The predicted molar refractivity (Wildman–Crippen MR) is 85.6 cm³/mol. The molecule has 1 heterocycles. The molecule has 1 N–H and O–H groups in total. The van der Waals surface area contributed by atoms with E-state index >= 15 is 0 Å². The van der Waals surface area contributed by atoms with Gasteiger partial charge in [-0.2, -0.15) is 0 Å². The van der Waals surface area contributed by atoms with Crippen LogP contribution in [0.15, 0.2) is 54.7 Å². The minimum absolute atomic E-state index is 0.137. The predicted octanol–water partition coefficient (Wildman–Crippen LogP) is 4.10. The second-order valence-corrected chi connectivity index (χ2v) is 5.12. The lowest BCUT2D eigenvalue weighted by Gasteiger charge is -2.10. The van der Waals surface area contributed by atoms with Crippen LogP contribution in [-0.4, -0.2) is 10.9 Å². The lowest BCUT2D eigenvalue weighted by Crippen LogP contribution is -2.13. The molecule has 0 atom stereocenters. The molecule has 3 nitrogen and oxygen atoms in total. The SMILES string of the molecule is Cc1cccc(NC(=O)c2cnc3ccccc3c2)c1C. The van der Waals surface area contributed by atoms with Gasteiger partial charge in [0, 0.05) is 17.3 Å². The Bertz CT molecular complexity index is 824. The maximum atomic E-state index is 12.4. The molecule has 2 aromatic carbocycles. The number of aromatic nitrogens is 1. The Kier molecular flexibility index (Phi) is 3.40. The molecule has 104 valence electrons. The van der Waals surface area contributed by atoms with Gasteiger partial charge < -0.3 is 5.32 Å². The van der Waals surface area contributed by atoms with Gasteiger partial charge in [0.2, 0.25) is 0 Å². The van der Waals surface area contributed by atoms with Crippen LogP contribution in [0.25, 0.3) is 10.9 Å². The topological polar surface area (TPSA) is 42.0 Å². The van der Waals surface area contributed by atoms with E-state index in [1.807, 2.05) is 62.4 Å². The van der Waals surface area contributed by atoms with Crippen molar-refractivity contribution < 1.29 is 4.79 Å². The number of nitrogens with one attached hydrogen (secondary N) is 1. The molecule has 0 radical (unpaired) electrons. The second kappa shape index (κ2) is 5.37. The number of fused-ring (bicyclic) bond motifs is 1. The lowest BCUT2D eigenvalue weighted by atomic mass is 10.1. The number of carbonyl (C=O) groups excluding carboxylic acids is 1. The number of nitrogens with zero attached hydrogens (tertiary/aromatic N) is 1. The molecule has 0 unspecified atom stereocenters. The zero-order valence-electron chi connectivity index (χ0n) is 12.1. The molecule has 3 rings (SSSR count). The number of para-hydroxylation sites is 1. The van der Waals surface area contributed by atoms with Crippen molar-refractivity contribution in [1.82, 2.24) is 4.98 Å². The fraction of sp³-hybridized carbons (Fsp3) is 0.111. The fourth-order valence-electron chi connectivity index (χ4n) is 2.28. The third-order valence-electron chi connectivity index (χ3n) is 3.71. The summed E-state index contributed by atoms with van der Waals surface area (Å²) >= 11 is 0. The van der Waals surface area contributed by atoms with E-state index in [2.05, 4.69) is 10.3 Å². The molecule has 3 heteroatoms. The number of rotatable bonds is 2. The summed E-state index contributed by atoms with van der Waals surface area (Å²) in [4.78, 5) is 16.7. The van der Waals surface area contributed by atoms with Gasteiger partial charge in [-0.1, -0.05) is 30.3 Å². The Morgan fingerprint density at radius 3 is 2.71 bits per heavy atom. The molecular weight excluding hydrogens is 260 g/mol. The zero-order chi connectivity index (χ0) is 14.8. The highest BCUT2D eigenvalue weighted by atomic mass is 16.1. The summed E-state index contributed by atoms with van der Waals surface area (Å²) in [5, 5.41) is 3.92. The third kappa shape index (κ3) is 2.63. The minimum atomic E-state index is -0.137. The van der Waals surface area contributed by atoms with Gasteiger partial charge in [0.05, 0.1) is 11.1 Å². The average Bonchev–Trinajstić information content (AvgIpc) is 2.51. The summed E-state index contributed by atoms with van der Waals surface area (Å²) in [6.45, 7) is 4.03. The number of amides is 1. The van der Waals surface area contributed by atoms with Gasteiger partial charge in [-0.25, -0.2) is 0 Å². The van der Waals surface area contributed by atoms with Crippen LogP contribution >= 0.6 is 0 Å². The Labute approximate surface area is 123 Å². The monoisotopic (exact) mass is 276 g/mol. The summed E-state index contributed by atoms with van der Waals surface area (Å²) < 4.78 is 0. The Morgan fingerprint density at radius 2 is 1.86 bits per heavy atom. The van der Waals surface area contributed by atoms with Crippen LogP contribution < -0.4 is 5.32 Å². The molecule has 1 aromatic heterocycles. The Balaban J connectivity index is 1.91. The largest absolute Gasteiger partial charge is 0.322 e. The van der Waals surface area contributed by atoms with E-state index in [0.717, 1.165) is 27.7 Å². The Hall–Kier alpha value is -2.68. The van der Waals surface area contributed by atoms with Gasteiger partial charge in [-0.3, -0.25) is 9.78 Å². The van der Waals surface area contributed by atoms with E-state index in [1.165, 1.54) is 0 Å². The first-order valence-corrected chi connectivity index (χ1v) is 6.87. The molecule has 3 aromatic rings. The number of benzene rings is 2. The van der Waals surface area contributed by atoms with E-state index in [0.29, 0.717) is 5.56 Å². The first-order chi connectivity index (χ1) is 10.1. The molecule has 21 heavy (non-hydrogen) atoms. The van der Waals surface area contributed by atoms with Gasteiger partial charge in [0.25, 0.3) is 5.91 Å². The van der Waals surface area contributed by atoms with Crippen molar-refractivity contribution in [1.29, 1.82) is 0 Å². The number of aryl methyl sites for hydroxylation is 1. The highest BCUT2D eigenvalue weighted by molar-refractivity contribution is 6.06. The minimum Gasteiger partial charge on any atom is -0.322 e. The standard InChI is InChI=1S/C18H16N2O/c1-12-6-5-9-16(13(12)2)20-18(21)15-10-14-7-3-4-8-17(14)19-11-15/h3-11H,1-2H3,(H,20,21). The van der Waals surface area contributed by atoms with Gasteiger partial charge >= 0.3 is 0 Å². The smallest absolute Gasteiger partial charge is 0.257 e. The van der Waals surface area contributed by atoms with Gasteiger partial charge in [0.15, 0.2) is 0 Å². The molecule has 0 aliphatic carbocycles. The average molecular weight is 276 g/mol. The second-order valence-electron chi connectivity index (χ2n) is 5.12. The van der Waals surface area contributed by atoms with Crippen molar-refractivity contribution in [3.63, 3.8) is 0 Å². The molecule has 0 saturated carbocycles. The number of hydrogen-bond donors (Lipinski definition) is 1. The molecule has 0 saturated heterocycles. The van der Waals surface area contributed by atoms with E-state index in [1.54, 1.807) is 6.20 Å². The number of anilines is 1. The molecule has 0 bridgehead atoms. The number of hydrogen-bond acceptors (Lipinski definition) is 2. The van der Waals surface area contributed by atoms with E-state index in [-0.39, 0.29) is 5.91 Å². The fourth-order valence-corrected chi connectivity index (χ4v) is 2.28. The summed E-state index contributed by atoms with van der Waals surface area (Å²) in [6.07, 6.45) is 1.61. The summed E-state index contributed by atoms with van der Waals surface area (Å²) in [5.41, 5.74) is 4.53. The summed E-state index contributed by atoms with van der Waals surface area (Å²) in [6, 6.07) is 15.5. The van der Waals surface area contributed by atoms with E-state index in [4.69, 9.17) is 0 Å². The van der Waals surface area contributed by atoms with Crippen LogP contribution in [0.5, 0.6) is 0 Å². The van der Waals surface area contributed by atoms with Crippen molar-refractivity contribution in [3.8, 4) is 0 Å². The molecule has 0 fully saturated rings. The molecule has 0 aliphatic heterocycles. The maximum Gasteiger partial charge on any atom is 0.257 e. The van der Waals surface area contributed by atoms with Crippen molar-refractivity contribution in [2.75, 3.05) is 5.32 Å². The quantitative estimate of drug-likeness (QED) is 0.765. The highest BCUT2D eigenvalue weighted by Crippen LogP contribution is 2.19. The Morgan fingerprint density at radius 1 is 1.05 bits per heavy atom. The van der Waals surface area contributed by atoms with Crippen molar-refractivity contribution in [2.45, 2.75) is 13.8 Å². The van der Waals surface area contributed by atoms with Crippen LogP contribution in [0.2, 0.25) is 0 Å². The van der Waals surface area contributed by atoms with Crippen LogP contribution in [0, 0.1) is 13.8 Å². The van der Waals surface area contributed by atoms with Crippen LogP contribution in [0.4, 0.5) is 5.69 Å². The first-order valence-electron chi connectivity index (χ1n) is 6.87. The molecule has 1 amide bonds. The van der Waals surface area contributed by atoms with Crippen molar-refractivity contribution in [3.05, 3.63) is 71.4 Å². The van der Waals surface area contributed by atoms with Crippen LogP contribution in [0.1, 0.15) is 21.5 Å². The van der Waals surface area contributed by atoms with E-state index < -0.39 is 0 Å². The normalized spacial score (nSPS) is 10.6. The zero-order valence-corrected chi connectivity index (χ0v) is 12.1. The number of pyridine rings is 1.